The van der Waals surface area contributed by atoms with Gasteiger partial charge >= 0.3 is 6.18 Å². The summed E-state index contributed by atoms with van der Waals surface area (Å²) < 4.78 is 55.3. The third-order valence-electron chi connectivity index (χ3n) is 4.91. The first-order valence-corrected chi connectivity index (χ1v) is 7.72. The minimum Gasteiger partial charge on any atom is -0.492 e. The number of halogens is 3. The van der Waals surface area contributed by atoms with E-state index in [0.717, 1.165) is 5.56 Å². The lowest BCUT2D eigenvalue weighted by atomic mass is 9.86. The smallest absolute Gasteiger partial charge is 0.414 e. The monoisotopic (exact) mass is 348 g/mol. The van der Waals surface area contributed by atoms with Crippen molar-refractivity contribution in [2.45, 2.75) is 31.2 Å². The van der Waals surface area contributed by atoms with Crippen LogP contribution in [-0.2, 0) is 6.42 Å². The van der Waals surface area contributed by atoms with Crippen molar-refractivity contribution in [1.29, 1.82) is 0 Å². The van der Waals surface area contributed by atoms with E-state index in [9.17, 15) is 18.3 Å². The molecular formula is C16H21F3NO4+. The van der Waals surface area contributed by atoms with E-state index in [2.05, 4.69) is 0 Å². The van der Waals surface area contributed by atoms with Gasteiger partial charge < -0.3 is 23.8 Å². The SMILES string of the molecule is COc1c2c(cc3c1[C@H](C[C@@H](O)C(F)(F)F)[N+](C)(C)CC3)OCO2. The number of aliphatic hydroxyl groups is 1. The van der Waals surface area contributed by atoms with Gasteiger partial charge in [0, 0.05) is 12.8 Å². The van der Waals surface area contributed by atoms with E-state index >= 15 is 0 Å². The molecule has 3 rings (SSSR count). The fraction of sp³-hybridized carbons (Fsp3) is 0.625. The Labute approximate surface area is 138 Å². The predicted octanol–water partition coefficient (Wildman–Crippen LogP) is 2.41. The van der Waals surface area contributed by atoms with Crippen LogP contribution in [0.3, 0.4) is 0 Å². The Morgan fingerprint density at radius 2 is 2.08 bits per heavy atom. The van der Waals surface area contributed by atoms with Crippen LogP contribution in [0.25, 0.3) is 0 Å². The van der Waals surface area contributed by atoms with Crippen molar-refractivity contribution in [2.75, 3.05) is 34.5 Å². The number of alkyl halides is 3. The van der Waals surface area contributed by atoms with Crippen molar-refractivity contribution in [3.63, 3.8) is 0 Å². The van der Waals surface area contributed by atoms with Crippen molar-refractivity contribution in [2.24, 2.45) is 0 Å². The molecule has 134 valence electrons. The van der Waals surface area contributed by atoms with Gasteiger partial charge in [-0.3, -0.25) is 0 Å². The number of hydrogen-bond donors (Lipinski definition) is 1. The maximum Gasteiger partial charge on any atom is 0.414 e. The fourth-order valence-electron chi connectivity index (χ4n) is 3.51. The van der Waals surface area contributed by atoms with Crippen LogP contribution >= 0.6 is 0 Å². The van der Waals surface area contributed by atoms with Crippen molar-refractivity contribution in [3.8, 4) is 17.2 Å². The third-order valence-corrected chi connectivity index (χ3v) is 4.91. The molecule has 0 saturated heterocycles. The molecule has 1 aromatic rings. The van der Waals surface area contributed by atoms with E-state index < -0.39 is 24.7 Å². The van der Waals surface area contributed by atoms with Gasteiger partial charge in [-0.2, -0.15) is 13.2 Å². The minimum atomic E-state index is -4.65. The highest BCUT2D eigenvalue weighted by Crippen LogP contribution is 2.52. The molecule has 2 aliphatic rings. The first kappa shape index (κ1) is 17.2. The van der Waals surface area contributed by atoms with E-state index in [1.807, 2.05) is 20.2 Å². The topological polar surface area (TPSA) is 47.9 Å². The number of aliphatic hydroxyl groups excluding tert-OH is 1. The Balaban J connectivity index is 2.09. The maximum atomic E-state index is 12.9. The zero-order valence-corrected chi connectivity index (χ0v) is 13.8. The normalized spacial score (nSPS) is 22.9. The standard InChI is InChI=1S/C16H21F3NO4/c1-20(2)5-4-9-6-11-14(24-8-23-11)15(22-3)13(9)10(20)7-12(21)16(17,18)19/h6,10,12,21H,4-5,7-8H2,1-3H3/q+1/t10-,12+/m0/s1. The van der Waals surface area contributed by atoms with Crippen LogP contribution in [0, 0.1) is 0 Å². The molecule has 2 aliphatic heterocycles. The molecule has 1 N–H and O–H groups in total. The van der Waals surface area contributed by atoms with E-state index in [1.165, 1.54) is 7.11 Å². The van der Waals surface area contributed by atoms with Crippen LogP contribution in [0.4, 0.5) is 13.2 Å². The Bertz CT molecular complexity index is 645. The second kappa shape index (κ2) is 5.70. The number of fused-ring (bicyclic) bond motifs is 2. The molecule has 0 bridgehead atoms. The van der Waals surface area contributed by atoms with Gasteiger partial charge in [-0.25, -0.2) is 0 Å². The number of hydrogen-bond acceptors (Lipinski definition) is 4. The lowest BCUT2D eigenvalue weighted by Gasteiger charge is -2.44. The molecule has 0 spiro atoms. The fourth-order valence-corrected chi connectivity index (χ4v) is 3.51. The minimum absolute atomic E-state index is 0.0582. The molecule has 0 unspecified atom stereocenters. The predicted molar refractivity (Wildman–Crippen MR) is 79.2 cm³/mol. The summed E-state index contributed by atoms with van der Waals surface area (Å²) in [5, 5.41) is 9.62. The van der Waals surface area contributed by atoms with Gasteiger partial charge in [0.05, 0.1) is 33.3 Å². The highest BCUT2D eigenvalue weighted by molar-refractivity contribution is 5.61. The van der Waals surface area contributed by atoms with E-state index in [-0.39, 0.29) is 6.79 Å². The van der Waals surface area contributed by atoms with Crippen LogP contribution in [0.2, 0.25) is 0 Å². The lowest BCUT2D eigenvalue weighted by Crippen LogP contribution is -2.50. The molecular weight excluding hydrogens is 327 g/mol. The quantitative estimate of drug-likeness (QED) is 0.853. The number of quaternary nitrogens is 1. The van der Waals surface area contributed by atoms with Crippen LogP contribution in [-0.4, -0.2) is 56.4 Å². The Kier molecular flexibility index (Phi) is 4.08. The van der Waals surface area contributed by atoms with Gasteiger partial charge in [-0.05, 0) is 11.6 Å². The molecule has 0 fully saturated rings. The maximum absolute atomic E-state index is 12.9. The van der Waals surface area contributed by atoms with Crippen molar-refractivity contribution in [3.05, 3.63) is 17.2 Å². The Hall–Kier alpha value is -1.67. The summed E-state index contributed by atoms with van der Waals surface area (Å²) >= 11 is 0. The molecule has 1 aromatic carbocycles. The second-order valence-corrected chi connectivity index (χ2v) is 6.78. The van der Waals surface area contributed by atoms with Gasteiger partial charge in [0.15, 0.2) is 17.6 Å². The molecule has 24 heavy (non-hydrogen) atoms. The number of nitrogens with zero attached hydrogens (tertiary/aromatic N) is 1. The molecule has 0 saturated carbocycles. The molecule has 0 aliphatic carbocycles. The summed E-state index contributed by atoms with van der Waals surface area (Å²) in [6.07, 6.45) is -6.78. The first-order valence-electron chi connectivity index (χ1n) is 7.72. The van der Waals surface area contributed by atoms with Crippen LogP contribution in [0.1, 0.15) is 23.6 Å². The highest BCUT2D eigenvalue weighted by atomic mass is 19.4. The third kappa shape index (κ3) is 2.77. The van der Waals surface area contributed by atoms with Gasteiger partial charge in [-0.1, -0.05) is 0 Å². The zero-order valence-electron chi connectivity index (χ0n) is 13.8. The second-order valence-electron chi connectivity index (χ2n) is 6.78. The molecule has 0 amide bonds. The average Bonchev–Trinajstić information content (AvgIpc) is 2.95. The van der Waals surface area contributed by atoms with E-state index in [0.29, 0.717) is 40.3 Å². The average molecular weight is 348 g/mol. The summed E-state index contributed by atoms with van der Waals surface area (Å²) in [5.41, 5.74) is 1.55. The number of likely N-dealkylation sites (N-methyl/N-ethyl adjacent to an activating group) is 1. The summed E-state index contributed by atoms with van der Waals surface area (Å²) in [5.74, 6) is 1.38. The van der Waals surface area contributed by atoms with Gasteiger partial charge in [0.1, 0.15) is 6.04 Å². The van der Waals surface area contributed by atoms with Crippen LogP contribution in [0.15, 0.2) is 6.07 Å². The van der Waals surface area contributed by atoms with Gasteiger partial charge in [0.2, 0.25) is 12.5 Å². The Morgan fingerprint density at radius 3 is 2.71 bits per heavy atom. The summed E-state index contributed by atoms with van der Waals surface area (Å²) in [7, 11) is 5.19. The molecule has 8 heteroatoms. The lowest BCUT2D eigenvalue weighted by molar-refractivity contribution is -0.924. The van der Waals surface area contributed by atoms with Gasteiger partial charge in [-0.15, -0.1) is 0 Å². The first-order chi connectivity index (χ1) is 11.1. The van der Waals surface area contributed by atoms with Crippen LogP contribution in [0.5, 0.6) is 17.2 Å². The number of rotatable bonds is 3. The zero-order chi connectivity index (χ0) is 17.7. The summed E-state index contributed by atoms with van der Waals surface area (Å²) in [6.45, 7) is 0.716. The molecule has 2 heterocycles. The molecule has 2 atom stereocenters. The van der Waals surface area contributed by atoms with Gasteiger partial charge in [0.25, 0.3) is 0 Å². The summed E-state index contributed by atoms with van der Waals surface area (Å²) in [4.78, 5) is 0. The van der Waals surface area contributed by atoms with E-state index in [4.69, 9.17) is 14.2 Å². The van der Waals surface area contributed by atoms with Crippen molar-refractivity contribution >= 4 is 0 Å². The van der Waals surface area contributed by atoms with Crippen molar-refractivity contribution < 1.29 is 37.0 Å². The van der Waals surface area contributed by atoms with Crippen molar-refractivity contribution in [1.82, 2.24) is 0 Å². The molecule has 0 radical (unpaired) electrons. The Morgan fingerprint density at radius 1 is 1.38 bits per heavy atom. The highest BCUT2D eigenvalue weighted by Gasteiger charge is 2.47. The molecule has 0 aromatic heterocycles. The largest absolute Gasteiger partial charge is 0.492 e. The number of methoxy groups -OCH3 is 1. The van der Waals surface area contributed by atoms with E-state index in [1.54, 1.807) is 0 Å². The number of benzene rings is 1. The summed E-state index contributed by atoms with van der Waals surface area (Å²) in [6, 6.07) is 1.25. The number of ether oxygens (including phenoxy) is 3. The van der Waals surface area contributed by atoms with Crippen LogP contribution < -0.4 is 14.2 Å². The molecule has 5 nitrogen and oxygen atoms in total.